The predicted molar refractivity (Wildman–Crippen MR) is 95.1 cm³/mol. The first-order valence-electron chi connectivity index (χ1n) is 7.87. The van der Waals surface area contributed by atoms with E-state index >= 15 is 0 Å². The van der Waals surface area contributed by atoms with Crippen LogP contribution in [0.2, 0.25) is 0 Å². The van der Waals surface area contributed by atoms with E-state index in [9.17, 15) is 4.79 Å². The summed E-state index contributed by atoms with van der Waals surface area (Å²) in [7, 11) is 0. The molecule has 1 N–H and O–H groups in total. The van der Waals surface area contributed by atoms with E-state index in [1.165, 1.54) is 0 Å². The summed E-state index contributed by atoms with van der Waals surface area (Å²) in [6.45, 7) is 3.80. The molecule has 0 unspecified atom stereocenters. The number of hydrogen-bond acceptors (Lipinski definition) is 3. The molecule has 3 aromatic rings. The van der Waals surface area contributed by atoms with Crippen molar-refractivity contribution >= 4 is 11.6 Å². The third kappa shape index (κ3) is 3.66. The van der Waals surface area contributed by atoms with Gasteiger partial charge in [-0.25, -0.2) is 9.97 Å². The van der Waals surface area contributed by atoms with Crippen molar-refractivity contribution < 1.29 is 4.79 Å². The van der Waals surface area contributed by atoms with Crippen molar-refractivity contribution in [1.29, 1.82) is 0 Å². The highest BCUT2D eigenvalue weighted by molar-refractivity contribution is 6.05. The summed E-state index contributed by atoms with van der Waals surface area (Å²) in [4.78, 5) is 21.3. The molecule has 0 bridgehead atoms. The summed E-state index contributed by atoms with van der Waals surface area (Å²) < 4.78 is 0. The molecule has 4 heteroatoms. The number of aryl methyl sites for hydroxylation is 2. The van der Waals surface area contributed by atoms with Gasteiger partial charge < -0.3 is 5.32 Å². The van der Waals surface area contributed by atoms with E-state index < -0.39 is 0 Å². The van der Waals surface area contributed by atoms with Gasteiger partial charge in [-0.05, 0) is 31.0 Å². The number of nitrogens with one attached hydrogen (secondary N) is 1. The minimum atomic E-state index is -0.187. The van der Waals surface area contributed by atoms with Crippen LogP contribution in [0.1, 0.15) is 33.0 Å². The standard InChI is InChI=1S/C20H19N3O/c1-14-8-6-7-11-18(14)23-20(24)17-13-21-19(22-15(17)2)12-16-9-4-3-5-10-16/h3-11,13H,12H2,1-2H3,(H,23,24). The molecule has 0 saturated carbocycles. The van der Waals surface area contributed by atoms with Crippen LogP contribution in [0.4, 0.5) is 5.69 Å². The fourth-order valence-corrected chi connectivity index (χ4v) is 2.50. The molecule has 1 aromatic heterocycles. The van der Waals surface area contributed by atoms with Crippen LogP contribution in [-0.2, 0) is 6.42 Å². The fraction of sp³-hybridized carbons (Fsp3) is 0.150. The van der Waals surface area contributed by atoms with E-state index in [-0.39, 0.29) is 5.91 Å². The van der Waals surface area contributed by atoms with Gasteiger partial charge in [-0.15, -0.1) is 0 Å². The average molecular weight is 317 g/mol. The van der Waals surface area contributed by atoms with Crippen LogP contribution in [-0.4, -0.2) is 15.9 Å². The highest BCUT2D eigenvalue weighted by atomic mass is 16.1. The Balaban J connectivity index is 1.77. The van der Waals surface area contributed by atoms with Gasteiger partial charge in [0, 0.05) is 18.3 Å². The maximum absolute atomic E-state index is 12.5. The molecule has 0 spiro atoms. The van der Waals surface area contributed by atoms with Crippen LogP contribution in [0.25, 0.3) is 0 Å². The Labute approximate surface area is 141 Å². The van der Waals surface area contributed by atoms with Gasteiger partial charge >= 0.3 is 0 Å². The molecule has 120 valence electrons. The minimum Gasteiger partial charge on any atom is -0.322 e. The first-order valence-corrected chi connectivity index (χ1v) is 7.87. The smallest absolute Gasteiger partial charge is 0.259 e. The molecule has 2 aromatic carbocycles. The molecule has 0 atom stereocenters. The molecular formula is C20H19N3O. The van der Waals surface area contributed by atoms with Gasteiger partial charge in [0.2, 0.25) is 0 Å². The maximum Gasteiger partial charge on any atom is 0.259 e. The molecule has 0 saturated heterocycles. The Morgan fingerprint density at radius 3 is 2.42 bits per heavy atom. The maximum atomic E-state index is 12.5. The van der Waals surface area contributed by atoms with Crippen LogP contribution >= 0.6 is 0 Å². The summed E-state index contributed by atoms with van der Waals surface area (Å²) in [6.07, 6.45) is 2.26. The van der Waals surface area contributed by atoms with E-state index in [4.69, 9.17) is 0 Å². The zero-order valence-corrected chi connectivity index (χ0v) is 13.8. The number of carbonyl (C=O) groups excluding carboxylic acids is 1. The molecule has 1 amide bonds. The number of rotatable bonds is 4. The van der Waals surface area contributed by atoms with E-state index in [2.05, 4.69) is 15.3 Å². The quantitative estimate of drug-likeness (QED) is 0.793. The lowest BCUT2D eigenvalue weighted by Crippen LogP contribution is -2.16. The van der Waals surface area contributed by atoms with E-state index in [1.54, 1.807) is 6.20 Å². The van der Waals surface area contributed by atoms with Gasteiger partial charge in [0.05, 0.1) is 11.3 Å². The molecule has 1 heterocycles. The number of hydrogen-bond donors (Lipinski definition) is 1. The lowest BCUT2D eigenvalue weighted by molar-refractivity contribution is 0.102. The SMILES string of the molecule is Cc1ccccc1NC(=O)c1cnc(Cc2ccccc2)nc1C. The molecule has 0 radical (unpaired) electrons. The molecule has 0 fully saturated rings. The van der Waals surface area contributed by atoms with Crippen molar-refractivity contribution in [2.75, 3.05) is 5.32 Å². The summed E-state index contributed by atoms with van der Waals surface area (Å²) in [5, 5.41) is 2.92. The first-order chi connectivity index (χ1) is 11.6. The third-order valence-corrected chi connectivity index (χ3v) is 3.87. The lowest BCUT2D eigenvalue weighted by atomic mass is 10.1. The van der Waals surface area contributed by atoms with Crippen molar-refractivity contribution in [2.24, 2.45) is 0 Å². The minimum absolute atomic E-state index is 0.187. The number of anilines is 1. The molecule has 0 aliphatic rings. The van der Waals surface area contributed by atoms with Crippen LogP contribution in [0.5, 0.6) is 0 Å². The summed E-state index contributed by atoms with van der Waals surface area (Å²) in [5.74, 6) is 0.527. The van der Waals surface area contributed by atoms with Crippen LogP contribution < -0.4 is 5.32 Å². The second-order valence-electron chi connectivity index (χ2n) is 5.72. The van der Waals surface area contributed by atoms with Gasteiger partial charge in [0.25, 0.3) is 5.91 Å². The first kappa shape index (κ1) is 15.9. The largest absolute Gasteiger partial charge is 0.322 e. The average Bonchev–Trinajstić information content (AvgIpc) is 2.58. The van der Waals surface area contributed by atoms with E-state index in [0.717, 1.165) is 16.8 Å². The normalized spacial score (nSPS) is 10.4. The Hall–Kier alpha value is -3.01. The summed E-state index contributed by atoms with van der Waals surface area (Å²) in [6, 6.07) is 17.7. The fourth-order valence-electron chi connectivity index (χ4n) is 2.50. The van der Waals surface area contributed by atoms with Crippen molar-refractivity contribution in [1.82, 2.24) is 9.97 Å². The molecule has 24 heavy (non-hydrogen) atoms. The summed E-state index contributed by atoms with van der Waals surface area (Å²) >= 11 is 0. The number of aromatic nitrogens is 2. The number of amides is 1. The van der Waals surface area contributed by atoms with E-state index in [1.807, 2.05) is 68.4 Å². The molecular weight excluding hydrogens is 298 g/mol. The van der Waals surface area contributed by atoms with Crippen molar-refractivity contribution in [3.8, 4) is 0 Å². The highest BCUT2D eigenvalue weighted by Crippen LogP contribution is 2.16. The van der Waals surface area contributed by atoms with Gasteiger partial charge in [-0.1, -0.05) is 48.5 Å². The van der Waals surface area contributed by atoms with Crippen molar-refractivity contribution in [2.45, 2.75) is 20.3 Å². The zero-order valence-electron chi connectivity index (χ0n) is 13.8. The number of benzene rings is 2. The van der Waals surface area contributed by atoms with Crippen LogP contribution in [0.15, 0.2) is 60.8 Å². The highest BCUT2D eigenvalue weighted by Gasteiger charge is 2.13. The van der Waals surface area contributed by atoms with Gasteiger partial charge in [0.1, 0.15) is 5.82 Å². The van der Waals surface area contributed by atoms with E-state index in [0.29, 0.717) is 23.5 Å². The molecule has 3 rings (SSSR count). The Kier molecular flexibility index (Phi) is 4.66. The number of para-hydroxylation sites is 1. The second-order valence-corrected chi connectivity index (χ2v) is 5.72. The molecule has 0 aliphatic carbocycles. The predicted octanol–water partition coefficient (Wildman–Crippen LogP) is 3.94. The van der Waals surface area contributed by atoms with Crippen molar-refractivity contribution in [3.05, 3.63) is 89.0 Å². The lowest BCUT2D eigenvalue weighted by Gasteiger charge is -2.10. The van der Waals surface area contributed by atoms with Gasteiger partial charge in [0.15, 0.2) is 0 Å². The van der Waals surface area contributed by atoms with Gasteiger partial charge in [-0.3, -0.25) is 4.79 Å². The second kappa shape index (κ2) is 7.04. The summed E-state index contributed by atoms with van der Waals surface area (Å²) in [5.41, 5.74) is 4.14. The topological polar surface area (TPSA) is 54.9 Å². The van der Waals surface area contributed by atoms with Gasteiger partial charge in [-0.2, -0.15) is 0 Å². The third-order valence-electron chi connectivity index (χ3n) is 3.87. The molecule has 4 nitrogen and oxygen atoms in total. The van der Waals surface area contributed by atoms with Crippen LogP contribution in [0.3, 0.4) is 0 Å². The number of carbonyl (C=O) groups is 1. The monoisotopic (exact) mass is 317 g/mol. The Morgan fingerprint density at radius 2 is 1.71 bits per heavy atom. The Bertz CT molecular complexity index is 860. The van der Waals surface area contributed by atoms with Crippen LogP contribution in [0, 0.1) is 13.8 Å². The molecule has 0 aliphatic heterocycles. The number of nitrogens with zero attached hydrogens (tertiary/aromatic N) is 2. The zero-order chi connectivity index (χ0) is 16.9. The Morgan fingerprint density at radius 1 is 1.00 bits per heavy atom. The van der Waals surface area contributed by atoms with Crippen molar-refractivity contribution in [3.63, 3.8) is 0 Å².